The highest BCUT2D eigenvalue weighted by atomic mass is 32.2. The Morgan fingerprint density at radius 3 is 2.50 bits per heavy atom. The number of carbonyl (C=O) groups excluding carboxylic acids is 1. The minimum atomic E-state index is -3.44. The Labute approximate surface area is 118 Å². The van der Waals surface area contributed by atoms with Crippen molar-refractivity contribution in [3.63, 3.8) is 0 Å². The van der Waals surface area contributed by atoms with Gasteiger partial charge >= 0.3 is 0 Å². The molecule has 0 fully saturated rings. The molecule has 1 aromatic heterocycles. The zero-order valence-electron chi connectivity index (χ0n) is 11.8. The topological polar surface area (TPSA) is 64.3 Å². The van der Waals surface area contributed by atoms with Crippen LogP contribution in [-0.4, -0.2) is 25.2 Å². The van der Waals surface area contributed by atoms with E-state index in [2.05, 4.69) is 0 Å². The van der Waals surface area contributed by atoms with Gasteiger partial charge in [0.15, 0.2) is 15.6 Å². The molecule has 0 bridgehead atoms. The van der Waals surface area contributed by atoms with Crippen molar-refractivity contribution >= 4 is 26.6 Å². The van der Waals surface area contributed by atoms with E-state index in [0.29, 0.717) is 16.5 Å². The van der Waals surface area contributed by atoms with Gasteiger partial charge in [-0.2, -0.15) is 0 Å². The Kier molecular flexibility index (Phi) is 3.99. The van der Waals surface area contributed by atoms with Gasteiger partial charge in [0.25, 0.3) is 0 Å². The molecular weight excluding hydrogens is 276 g/mol. The Balaban J connectivity index is 2.29. The highest BCUT2D eigenvalue weighted by molar-refractivity contribution is 7.92. The number of carbonyl (C=O) groups is 1. The van der Waals surface area contributed by atoms with Crippen LogP contribution in [0.1, 0.15) is 31.1 Å². The third-order valence-corrected chi connectivity index (χ3v) is 5.96. The third-order valence-electron chi connectivity index (χ3n) is 3.62. The van der Waals surface area contributed by atoms with Crippen molar-refractivity contribution in [1.82, 2.24) is 0 Å². The van der Waals surface area contributed by atoms with E-state index in [9.17, 15) is 13.2 Å². The minimum Gasteiger partial charge on any atom is -0.464 e. The molecule has 0 aliphatic heterocycles. The van der Waals surface area contributed by atoms with Crippen LogP contribution in [0.5, 0.6) is 0 Å². The van der Waals surface area contributed by atoms with E-state index >= 15 is 0 Å². The Morgan fingerprint density at radius 2 is 1.85 bits per heavy atom. The normalized spacial score (nSPS) is 13.8. The van der Waals surface area contributed by atoms with Crippen LogP contribution < -0.4 is 0 Å². The van der Waals surface area contributed by atoms with Gasteiger partial charge in [-0.3, -0.25) is 4.79 Å². The lowest BCUT2D eigenvalue weighted by molar-refractivity contribution is 0.102. The first kappa shape index (κ1) is 14.8. The number of Topliss-reactive ketones (excluding diaryl/α,β-unsaturated/α-hetero) is 1. The number of benzene rings is 1. The lowest BCUT2D eigenvalue weighted by Gasteiger charge is -2.15. The summed E-state index contributed by atoms with van der Waals surface area (Å²) in [4.78, 5) is 12.2. The molecule has 1 aromatic carbocycles. The van der Waals surface area contributed by atoms with Crippen molar-refractivity contribution < 1.29 is 17.6 Å². The average molecular weight is 294 g/mol. The van der Waals surface area contributed by atoms with Gasteiger partial charge in [-0.1, -0.05) is 32.0 Å². The molecule has 0 amide bonds. The maximum absolute atomic E-state index is 12.2. The summed E-state index contributed by atoms with van der Waals surface area (Å²) < 4.78 is 29.6. The molecular formula is C15H18O4S. The molecule has 0 aliphatic rings. The summed E-state index contributed by atoms with van der Waals surface area (Å²) in [6, 6.07) is 7.10. The molecule has 0 N–H and O–H groups in total. The Bertz CT molecular complexity index is 725. The highest BCUT2D eigenvalue weighted by Gasteiger charge is 2.28. The van der Waals surface area contributed by atoms with Crippen molar-refractivity contribution in [2.75, 3.05) is 5.75 Å². The van der Waals surface area contributed by atoms with Gasteiger partial charge in [-0.15, -0.1) is 0 Å². The Hall–Kier alpha value is -1.62. The lowest BCUT2D eigenvalue weighted by Crippen LogP contribution is -2.29. The summed E-state index contributed by atoms with van der Waals surface area (Å²) in [6.07, 6.45) is 1.34. The van der Waals surface area contributed by atoms with Gasteiger partial charge in [0, 0.05) is 5.39 Å². The molecule has 20 heavy (non-hydrogen) atoms. The van der Waals surface area contributed by atoms with Gasteiger partial charge in [0.1, 0.15) is 17.6 Å². The van der Waals surface area contributed by atoms with E-state index in [4.69, 9.17) is 4.42 Å². The van der Waals surface area contributed by atoms with Crippen LogP contribution in [0.4, 0.5) is 0 Å². The number of hydrogen-bond donors (Lipinski definition) is 0. The first-order valence-electron chi connectivity index (χ1n) is 6.54. The predicted octanol–water partition coefficient (Wildman–Crippen LogP) is 3.07. The van der Waals surface area contributed by atoms with Crippen LogP contribution in [0, 0.1) is 5.92 Å². The zero-order chi connectivity index (χ0) is 14.9. The van der Waals surface area contributed by atoms with Crippen molar-refractivity contribution in [1.29, 1.82) is 0 Å². The minimum absolute atomic E-state index is 0.0195. The second kappa shape index (κ2) is 5.40. The van der Waals surface area contributed by atoms with Gasteiger partial charge in [-0.25, -0.2) is 8.42 Å². The number of sulfone groups is 1. The van der Waals surface area contributed by atoms with E-state index in [1.54, 1.807) is 31.2 Å². The SMILES string of the molecule is CC(C)C(C)S(=O)(=O)CC(=O)c1coc2ccccc12. The fraction of sp³-hybridized carbons (Fsp3) is 0.400. The van der Waals surface area contributed by atoms with Gasteiger partial charge in [0.05, 0.1) is 10.8 Å². The predicted molar refractivity (Wildman–Crippen MR) is 78.6 cm³/mol. The molecule has 2 rings (SSSR count). The number of fused-ring (bicyclic) bond motifs is 1. The number of furan rings is 1. The number of ketones is 1. The lowest BCUT2D eigenvalue weighted by atomic mass is 10.1. The van der Waals surface area contributed by atoms with Gasteiger partial charge < -0.3 is 4.42 Å². The summed E-state index contributed by atoms with van der Waals surface area (Å²) in [5.74, 6) is -0.910. The summed E-state index contributed by atoms with van der Waals surface area (Å²) >= 11 is 0. The molecule has 0 saturated heterocycles. The molecule has 0 spiro atoms. The zero-order valence-corrected chi connectivity index (χ0v) is 12.6. The quantitative estimate of drug-likeness (QED) is 0.795. The molecule has 1 atom stereocenters. The van der Waals surface area contributed by atoms with E-state index in [0.717, 1.165) is 0 Å². The molecule has 0 aliphatic carbocycles. The average Bonchev–Trinajstić information content (AvgIpc) is 2.81. The standard InChI is InChI=1S/C15H18O4S/c1-10(2)11(3)20(17,18)9-14(16)13-8-19-15-7-5-4-6-12(13)15/h4-8,10-11H,9H2,1-3H3. The second-order valence-corrected chi connectivity index (χ2v) is 7.68. The highest BCUT2D eigenvalue weighted by Crippen LogP contribution is 2.22. The molecule has 1 unspecified atom stereocenters. The molecule has 5 heteroatoms. The van der Waals surface area contributed by atoms with Gasteiger partial charge in [0.2, 0.25) is 0 Å². The van der Waals surface area contributed by atoms with E-state index in [-0.39, 0.29) is 5.92 Å². The fourth-order valence-corrected chi connectivity index (χ4v) is 3.61. The fourth-order valence-electron chi connectivity index (χ4n) is 2.00. The van der Waals surface area contributed by atoms with Crippen LogP contribution in [0.2, 0.25) is 0 Å². The second-order valence-electron chi connectivity index (χ2n) is 5.33. The van der Waals surface area contributed by atoms with Crippen molar-refractivity contribution in [2.45, 2.75) is 26.0 Å². The molecule has 1 heterocycles. The van der Waals surface area contributed by atoms with Gasteiger partial charge in [-0.05, 0) is 18.9 Å². The van der Waals surface area contributed by atoms with Crippen LogP contribution in [0.3, 0.4) is 0 Å². The molecule has 0 saturated carbocycles. The first-order chi connectivity index (χ1) is 9.33. The molecule has 2 aromatic rings. The molecule has 0 radical (unpaired) electrons. The number of rotatable bonds is 5. The Morgan fingerprint density at radius 1 is 1.20 bits per heavy atom. The van der Waals surface area contributed by atoms with Crippen molar-refractivity contribution in [2.24, 2.45) is 5.92 Å². The van der Waals surface area contributed by atoms with Crippen molar-refractivity contribution in [3.8, 4) is 0 Å². The van der Waals surface area contributed by atoms with Crippen LogP contribution in [0.15, 0.2) is 34.9 Å². The summed E-state index contributed by atoms with van der Waals surface area (Å²) in [5, 5.41) is 0.120. The third kappa shape index (κ3) is 2.77. The number of para-hydroxylation sites is 1. The largest absolute Gasteiger partial charge is 0.464 e. The summed E-state index contributed by atoms with van der Waals surface area (Å²) in [7, 11) is -3.44. The monoisotopic (exact) mass is 294 g/mol. The first-order valence-corrected chi connectivity index (χ1v) is 8.25. The summed E-state index contributed by atoms with van der Waals surface area (Å²) in [5.41, 5.74) is 0.922. The van der Waals surface area contributed by atoms with E-state index in [1.807, 2.05) is 13.8 Å². The van der Waals surface area contributed by atoms with Crippen molar-refractivity contribution in [3.05, 3.63) is 36.1 Å². The summed E-state index contributed by atoms with van der Waals surface area (Å²) in [6.45, 7) is 5.31. The van der Waals surface area contributed by atoms with E-state index in [1.165, 1.54) is 6.26 Å². The van der Waals surface area contributed by atoms with Crippen LogP contribution in [0.25, 0.3) is 11.0 Å². The smallest absolute Gasteiger partial charge is 0.181 e. The molecule has 4 nitrogen and oxygen atoms in total. The maximum atomic E-state index is 12.2. The van der Waals surface area contributed by atoms with Crippen LogP contribution in [-0.2, 0) is 9.84 Å². The van der Waals surface area contributed by atoms with E-state index < -0.39 is 26.6 Å². The molecule has 108 valence electrons. The number of hydrogen-bond acceptors (Lipinski definition) is 4. The maximum Gasteiger partial charge on any atom is 0.181 e. The van der Waals surface area contributed by atoms with Crippen LogP contribution >= 0.6 is 0 Å².